The van der Waals surface area contributed by atoms with E-state index in [-0.39, 0.29) is 5.78 Å². The van der Waals surface area contributed by atoms with Gasteiger partial charge in [0.2, 0.25) is 0 Å². The molecule has 0 unspecified atom stereocenters. The normalized spacial score (nSPS) is 10.4. The van der Waals surface area contributed by atoms with Crippen LogP contribution in [-0.2, 0) is 6.42 Å². The van der Waals surface area contributed by atoms with Crippen LogP contribution in [-0.4, -0.2) is 5.78 Å². The van der Waals surface area contributed by atoms with Gasteiger partial charge in [0.25, 0.3) is 0 Å². The number of Topliss-reactive ketones (excluding diaryl/α,β-unsaturated/α-hetero) is 1. The standard InChI is InChI=1S/C14H14O2/c1-10-3-4-12(7-11(10)2)8-14(15)13-5-6-16-9-13/h3-7,9H,8H2,1-2H3. The first-order valence-electron chi connectivity index (χ1n) is 5.28. The quantitative estimate of drug-likeness (QED) is 0.734. The number of hydrogen-bond donors (Lipinski definition) is 0. The smallest absolute Gasteiger partial charge is 0.170 e. The first kappa shape index (κ1) is 10.7. The molecule has 0 radical (unpaired) electrons. The van der Waals surface area contributed by atoms with Crippen LogP contribution in [0.15, 0.2) is 41.2 Å². The van der Waals surface area contributed by atoms with Gasteiger partial charge >= 0.3 is 0 Å². The molecule has 0 bridgehead atoms. The topological polar surface area (TPSA) is 30.2 Å². The highest BCUT2D eigenvalue weighted by Crippen LogP contribution is 2.12. The van der Waals surface area contributed by atoms with E-state index in [1.54, 1.807) is 6.07 Å². The maximum Gasteiger partial charge on any atom is 0.170 e. The van der Waals surface area contributed by atoms with Crippen molar-refractivity contribution in [3.05, 3.63) is 59.0 Å². The van der Waals surface area contributed by atoms with Gasteiger partial charge in [-0.1, -0.05) is 18.2 Å². The Morgan fingerprint density at radius 3 is 2.62 bits per heavy atom. The van der Waals surface area contributed by atoms with Gasteiger partial charge in [0, 0.05) is 6.42 Å². The summed E-state index contributed by atoms with van der Waals surface area (Å²) < 4.78 is 4.90. The number of hydrogen-bond acceptors (Lipinski definition) is 2. The van der Waals surface area contributed by atoms with E-state index in [2.05, 4.69) is 19.9 Å². The van der Waals surface area contributed by atoms with Crippen molar-refractivity contribution < 1.29 is 9.21 Å². The lowest BCUT2D eigenvalue weighted by Gasteiger charge is -2.03. The number of furan rings is 1. The lowest BCUT2D eigenvalue weighted by atomic mass is 10.0. The molecule has 2 rings (SSSR count). The Kier molecular flexibility index (Phi) is 2.91. The van der Waals surface area contributed by atoms with E-state index >= 15 is 0 Å². The minimum absolute atomic E-state index is 0.0944. The first-order valence-corrected chi connectivity index (χ1v) is 5.28. The summed E-state index contributed by atoms with van der Waals surface area (Å²) in [7, 11) is 0. The molecule has 0 aliphatic rings. The van der Waals surface area contributed by atoms with Gasteiger partial charge in [-0.25, -0.2) is 0 Å². The maximum absolute atomic E-state index is 11.8. The van der Waals surface area contributed by atoms with Gasteiger partial charge in [-0.2, -0.15) is 0 Å². The summed E-state index contributed by atoms with van der Waals surface area (Å²) in [5, 5.41) is 0. The molecule has 0 aliphatic heterocycles. The monoisotopic (exact) mass is 214 g/mol. The molecule has 0 saturated carbocycles. The SMILES string of the molecule is Cc1ccc(CC(=O)c2ccoc2)cc1C. The van der Waals surface area contributed by atoms with E-state index in [0.29, 0.717) is 12.0 Å². The molecule has 82 valence electrons. The third kappa shape index (κ3) is 2.22. The van der Waals surface area contributed by atoms with Crippen LogP contribution in [0.2, 0.25) is 0 Å². The molecule has 1 aromatic carbocycles. The molecule has 1 heterocycles. The summed E-state index contributed by atoms with van der Waals surface area (Å²) in [6.07, 6.45) is 3.44. The second kappa shape index (κ2) is 4.35. The maximum atomic E-state index is 11.8. The van der Waals surface area contributed by atoms with E-state index in [1.807, 2.05) is 12.1 Å². The van der Waals surface area contributed by atoms with Gasteiger partial charge in [-0.05, 0) is 36.6 Å². The molecular formula is C14H14O2. The van der Waals surface area contributed by atoms with E-state index in [4.69, 9.17) is 4.42 Å². The summed E-state index contributed by atoms with van der Waals surface area (Å²) in [5.74, 6) is 0.0944. The number of ketones is 1. The lowest BCUT2D eigenvalue weighted by Crippen LogP contribution is -2.02. The minimum atomic E-state index is 0.0944. The predicted octanol–water partition coefficient (Wildman–Crippen LogP) is 3.32. The van der Waals surface area contributed by atoms with Gasteiger partial charge in [0.1, 0.15) is 6.26 Å². The second-order valence-corrected chi connectivity index (χ2v) is 4.03. The molecular weight excluding hydrogens is 200 g/mol. The van der Waals surface area contributed by atoms with Crippen LogP contribution in [0, 0.1) is 13.8 Å². The van der Waals surface area contributed by atoms with Crippen molar-refractivity contribution in [1.29, 1.82) is 0 Å². The largest absolute Gasteiger partial charge is 0.472 e. The van der Waals surface area contributed by atoms with Crippen LogP contribution in [0.3, 0.4) is 0 Å². The van der Waals surface area contributed by atoms with E-state index in [0.717, 1.165) is 5.56 Å². The van der Waals surface area contributed by atoms with Crippen LogP contribution in [0.1, 0.15) is 27.0 Å². The second-order valence-electron chi connectivity index (χ2n) is 4.03. The fourth-order valence-electron chi connectivity index (χ4n) is 1.62. The molecule has 2 aromatic rings. The number of aryl methyl sites for hydroxylation is 2. The Hall–Kier alpha value is -1.83. The molecule has 0 saturated heterocycles. The van der Waals surface area contributed by atoms with Crippen molar-refractivity contribution in [3.8, 4) is 0 Å². The lowest BCUT2D eigenvalue weighted by molar-refractivity contribution is 0.0992. The fraction of sp³-hybridized carbons (Fsp3) is 0.214. The Balaban J connectivity index is 2.15. The zero-order valence-corrected chi connectivity index (χ0v) is 9.49. The first-order chi connectivity index (χ1) is 7.66. The molecule has 0 N–H and O–H groups in total. The van der Waals surface area contributed by atoms with Crippen LogP contribution < -0.4 is 0 Å². The van der Waals surface area contributed by atoms with E-state index in [9.17, 15) is 4.79 Å². The zero-order chi connectivity index (χ0) is 11.5. The molecule has 0 atom stereocenters. The molecule has 0 aliphatic carbocycles. The highest BCUT2D eigenvalue weighted by atomic mass is 16.3. The van der Waals surface area contributed by atoms with Crippen LogP contribution in [0.25, 0.3) is 0 Å². The number of benzene rings is 1. The van der Waals surface area contributed by atoms with Crippen molar-refractivity contribution in [2.45, 2.75) is 20.3 Å². The third-order valence-electron chi connectivity index (χ3n) is 2.78. The minimum Gasteiger partial charge on any atom is -0.472 e. The van der Waals surface area contributed by atoms with Crippen molar-refractivity contribution >= 4 is 5.78 Å². The van der Waals surface area contributed by atoms with Gasteiger partial charge in [-0.3, -0.25) is 4.79 Å². The highest BCUT2D eigenvalue weighted by molar-refractivity contribution is 5.97. The summed E-state index contributed by atoms with van der Waals surface area (Å²) >= 11 is 0. The predicted molar refractivity (Wildman–Crippen MR) is 62.7 cm³/mol. The third-order valence-corrected chi connectivity index (χ3v) is 2.78. The molecule has 16 heavy (non-hydrogen) atoms. The highest BCUT2D eigenvalue weighted by Gasteiger charge is 2.08. The summed E-state index contributed by atoms with van der Waals surface area (Å²) in [6.45, 7) is 4.12. The van der Waals surface area contributed by atoms with E-state index in [1.165, 1.54) is 23.7 Å². The average Bonchev–Trinajstić information content (AvgIpc) is 2.77. The van der Waals surface area contributed by atoms with Gasteiger partial charge in [-0.15, -0.1) is 0 Å². The zero-order valence-electron chi connectivity index (χ0n) is 9.49. The Bertz CT molecular complexity index is 495. The average molecular weight is 214 g/mol. The van der Waals surface area contributed by atoms with Gasteiger partial charge in [0.15, 0.2) is 5.78 Å². The summed E-state index contributed by atoms with van der Waals surface area (Å²) in [4.78, 5) is 11.8. The Labute approximate surface area is 94.9 Å². The van der Waals surface area contributed by atoms with Gasteiger partial charge < -0.3 is 4.42 Å². The molecule has 0 fully saturated rings. The molecule has 1 aromatic heterocycles. The van der Waals surface area contributed by atoms with Crippen molar-refractivity contribution in [3.63, 3.8) is 0 Å². The van der Waals surface area contributed by atoms with Crippen molar-refractivity contribution in [2.75, 3.05) is 0 Å². The molecule has 0 spiro atoms. The van der Waals surface area contributed by atoms with Crippen LogP contribution in [0.4, 0.5) is 0 Å². The number of rotatable bonds is 3. The number of carbonyl (C=O) groups excluding carboxylic acids is 1. The number of carbonyl (C=O) groups is 1. The molecule has 2 heteroatoms. The molecule has 2 nitrogen and oxygen atoms in total. The Morgan fingerprint density at radius 1 is 1.19 bits per heavy atom. The van der Waals surface area contributed by atoms with Crippen LogP contribution >= 0.6 is 0 Å². The summed E-state index contributed by atoms with van der Waals surface area (Å²) in [5.41, 5.74) is 4.16. The summed E-state index contributed by atoms with van der Waals surface area (Å²) in [6, 6.07) is 7.81. The van der Waals surface area contributed by atoms with Crippen molar-refractivity contribution in [1.82, 2.24) is 0 Å². The fourth-order valence-corrected chi connectivity index (χ4v) is 1.62. The van der Waals surface area contributed by atoms with Crippen LogP contribution in [0.5, 0.6) is 0 Å². The van der Waals surface area contributed by atoms with Gasteiger partial charge in [0.05, 0.1) is 11.8 Å². The Morgan fingerprint density at radius 2 is 2.00 bits per heavy atom. The molecule has 0 amide bonds. The van der Waals surface area contributed by atoms with Crippen molar-refractivity contribution in [2.24, 2.45) is 0 Å². The van der Waals surface area contributed by atoms with E-state index < -0.39 is 0 Å².